The lowest BCUT2D eigenvalue weighted by Gasteiger charge is -2.07. The van der Waals surface area contributed by atoms with Crippen LogP contribution in [0.4, 0.5) is 4.39 Å². The fourth-order valence-corrected chi connectivity index (χ4v) is 3.38. The van der Waals surface area contributed by atoms with Crippen LogP contribution in [0.15, 0.2) is 91.1 Å². The molecule has 0 spiro atoms. The van der Waals surface area contributed by atoms with Crippen molar-refractivity contribution in [3.63, 3.8) is 0 Å². The number of rotatable bonds is 8. The summed E-state index contributed by atoms with van der Waals surface area (Å²) in [6.45, 7) is 0.0945. The highest BCUT2D eigenvalue weighted by Crippen LogP contribution is 2.24. The minimum absolute atomic E-state index is 0.121. The maximum atomic E-state index is 13.4. The fraction of sp³-hybridized carbons (Fsp3) is 0.115. The van der Waals surface area contributed by atoms with Crippen molar-refractivity contribution in [3.8, 4) is 16.9 Å². The van der Waals surface area contributed by atoms with Gasteiger partial charge < -0.3 is 10.6 Å². The molecule has 2 N–H and O–H groups in total. The van der Waals surface area contributed by atoms with Gasteiger partial charge in [0.2, 0.25) is 11.8 Å². The normalized spacial score (nSPS) is 10.6. The van der Waals surface area contributed by atoms with E-state index in [1.54, 1.807) is 16.8 Å². The molecule has 0 aliphatic carbocycles. The summed E-state index contributed by atoms with van der Waals surface area (Å²) >= 11 is 0. The number of benzene rings is 3. The summed E-state index contributed by atoms with van der Waals surface area (Å²) in [6, 6.07) is 25.0. The summed E-state index contributed by atoms with van der Waals surface area (Å²) in [5, 5.41) is 10.1. The zero-order valence-corrected chi connectivity index (χ0v) is 17.9. The van der Waals surface area contributed by atoms with Gasteiger partial charge in [-0.3, -0.25) is 9.59 Å². The number of halogens is 1. The highest BCUT2D eigenvalue weighted by atomic mass is 19.1. The van der Waals surface area contributed by atoms with Crippen LogP contribution in [0.3, 0.4) is 0 Å². The Labute approximate surface area is 191 Å². The van der Waals surface area contributed by atoms with Gasteiger partial charge in [-0.15, -0.1) is 0 Å². The summed E-state index contributed by atoms with van der Waals surface area (Å²) in [4.78, 5) is 24.4. The van der Waals surface area contributed by atoms with Gasteiger partial charge in [0.25, 0.3) is 0 Å². The van der Waals surface area contributed by atoms with Crippen molar-refractivity contribution in [1.29, 1.82) is 0 Å². The van der Waals surface area contributed by atoms with E-state index in [0.29, 0.717) is 5.69 Å². The largest absolute Gasteiger partial charge is 0.350 e. The first-order valence-corrected chi connectivity index (χ1v) is 10.6. The third-order valence-electron chi connectivity index (χ3n) is 5.06. The van der Waals surface area contributed by atoms with Gasteiger partial charge in [0.1, 0.15) is 5.82 Å². The topological polar surface area (TPSA) is 76.0 Å². The van der Waals surface area contributed by atoms with E-state index in [1.165, 1.54) is 12.1 Å². The van der Waals surface area contributed by atoms with E-state index in [0.717, 1.165) is 22.4 Å². The molecule has 4 rings (SSSR count). The second kappa shape index (κ2) is 10.4. The molecule has 6 nitrogen and oxygen atoms in total. The van der Waals surface area contributed by atoms with E-state index < -0.39 is 0 Å². The molecule has 0 unspecified atom stereocenters. The summed E-state index contributed by atoms with van der Waals surface area (Å²) in [5.41, 5.74) is 3.91. The van der Waals surface area contributed by atoms with E-state index in [-0.39, 0.29) is 37.1 Å². The number of hydrogen-bond acceptors (Lipinski definition) is 3. The van der Waals surface area contributed by atoms with Crippen LogP contribution in [0.2, 0.25) is 0 Å². The van der Waals surface area contributed by atoms with Crippen LogP contribution in [0.5, 0.6) is 0 Å². The van der Waals surface area contributed by atoms with Crippen molar-refractivity contribution < 1.29 is 14.0 Å². The van der Waals surface area contributed by atoms with Crippen LogP contribution < -0.4 is 10.6 Å². The van der Waals surface area contributed by atoms with E-state index in [2.05, 4.69) is 15.7 Å². The fourth-order valence-electron chi connectivity index (χ4n) is 3.38. The third kappa shape index (κ3) is 5.92. The molecular weight excluding hydrogens is 419 g/mol. The first-order valence-electron chi connectivity index (χ1n) is 10.6. The quantitative estimate of drug-likeness (QED) is 0.437. The summed E-state index contributed by atoms with van der Waals surface area (Å²) in [7, 11) is 0. The molecular formula is C26H23FN4O2. The predicted octanol–water partition coefficient (Wildman–Crippen LogP) is 3.65. The number of nitrogens with one attached hydrogen (secondary N) is 2. The van der Waals surface area contributed by atoms with E-state index >= 15 is 0 Å². The van der Waals surface area contributed by atoms with E-state index in [1.807, 2.05) is 66.9 Å². The molecule has 0 bridgehead atoms. The maximum Gasteiger partial charge on any atom is 0.239 e. The van der Waals surface area contributed by atoms with Crippen molar-refractivity contribution in [2.45, 2.75) is 13.0 Å². The van der Waals surface area contributed by atoms with Gasteiger partial charge in [-0.25, -0.2) is 9.07 Å². The van der Waals surface area contributed by atoms with Crippen LogP contribution in [0.25, 0.3) is 16.9 Å². The number of carbonyl (C=O) groups is 2. The van der Waals surface area contributed by atoms with Crippen LogP contribution in [0, 0.1) is 5.82 Å². The molecule has 0 radical (unpaired) electrons. The smallest absolute Gasteiger partial charge is 0.239 e. The molecule has 0 fully saturated rings. The number of para-hydroxylation sites is 1. The Morgan fingerprint density at radius 1 is 0.818 bits per heavy atom. The van der Waals surface area contributed by atoms with Crippen LogP contribution in [-0.4, -0.2) is 28.1 Å². The summed E-state index contributed by atoms with van der Waals surface area (Å²) in [5.74, 6) is -0.864. The number of aromatic nitrogens is 2. The molecule has 1 aromatic heterocycles. The van der Waals surface area contributed by atoms with E-state index in [4.69, 9.17) is 0 Å². The lowest BCUT2D eigenvalue weighted by molar-refractivity contribution is -0.125. The number of hydrogen-bond donors (Lipinski definition) is 2. The molecule has 0 aliphatic rings. The minimum Gasteiger partial charge on any atom is -0.350 e. The highest BCUT2D eigenvalue weighted by Gasteiger charge is 2.14. The predicted molar refractivity (Wildman–Crippen MR) is 124 cm³/mol. The van der Waals surface area contributed by atoms with Gasteiger partial charge in [-0.2, -0.15) is 5.10 Å². The number of nitrogens with zero attached hydrogens (tertiary/aromatic N) is 2. The summed E-state index contributed by atoms with van der Waals surface area (Å²) in [6.07, 6.45) is 2.05. The zero-order valence-electron chi connectivity index (χ0n) is 17.9. The first kappa shape index (κ1) is 22.0. The molecule has 166 valence electrons. The Hall–Kier alpha value is -4.26. The second-order valence-corrected chi connectivity index (χ2v) is 7.51. The molecule has 2 amide bonds. The molecule has 0 saturated heterocycles. The van der Waals surface area contributed by atoms with Crippen LogP contribution in [-0.2, 0) is 22.6 Å². The lowest BCUT2D eigenvalue weighted by atomic mass is 10.1. The Morgan fingerprint density at radius 2 is 1.48 bits per heavy atom. The van der Waals surface area contributed by atoms with Crippen molar-refractivity contribution in [3.05, 3.63) is 108 Å². The van der Waals surface area contributed by atoms with Gasteiger partial charge in [0.15, 0.2) is 0 Å². The Bertz CT molecular complexity index is 1220. The van der Waals surface area contributed by atoms with Gasteiger partial charge in [0, 0.05) is 23.9 Å². The molecule has 4 aromatic rings. The second-order valence-electron chi connectivity index (χ2n) is 7.51. The van der Waals surface area contributed by atoms with Gasteiger partial charge in [-0.05, 0) is 42.0 Å². The molecule has 0 saturated carbocycles. The van der Waals surface area contributed by atoms with Crippen molar-refractivity contribution >= 4 is 11.8 Å². The Morgan fingerprint density at radius 3 is 2.18 bits per heavy atom. The Kier molecular flexibility index (Phi) is 6.90. The number of amides is 2. The average Bonchev–Trinajstić information content (AvgIpc) is 3.27. The molecule has 33 heavy (non-hydrogen) atoms. The molecule has 0 aliphatic heterocycles. The number of carbonyl (C=O) groups excluding carboxylic acids is 2. The molecule has 3 aromatic carbocycles. The van der Waals surface area contributed by atoms with Crippen LogP contribution in [0.1, 0.15) is 11.1 Å². The minimum atomic E-state index is -0.331. The zero-order chi connectivity index (χ0) is 23.0. The monoisotopic (exact) mass is 442 g/mol. The SMILES string of the molecule is O=C(CNC(=O)Cc1ccccc1)NCc1cn(-c2ccccc2)nc1-c1ccc(F)cc1. The summed E-state index contributed by atoms with van der Waals surface area (Å²) < 4.78 is 15.1. The Balaban J connectivity index is 1.42. The molecule has 7 heteroatoms. The van der Waals surface area contributed by atoms with Crippen LogP contribution >= 0.6 is 0 Å². The van der Waals surface area contributed by atoms with Crippen molar-refractivity contribution in [1.82, 2.24) is 20.4 Å². The van der Waals surface area contributed by atoms with Gasteiger partial charge >= 0.3 is 0 Å². The third-order valence-corrected chi connectivity index (χ3v) is 5.06. The first-order chi connectivity index (χ1) is 16.1. The van der Waals surface area contributed by atoms with Gasteiger partial charge in [-0.1, -0.05) is 48.5 Å². The maximum absolute atomic E-state index is 13.4. The van der Waals surface area contributed by atoms with Crippen molar-refractivity contribution in [2.75, 3.05) is 6.54 Å². The molecule has 0 atom stereocenters. The average molecular weight is 442 g/mol. The standard InChI is InChI=1S/C26H23FN4O2/c27-22-13-11-20(12-14-22)26-21(18-31(30-26)23-9-5-2-6-10-23)16-28-25(33)17-29-24(32)15-19-7-3-1-4-8-19/h1-14,18H,15-17H2,(H,28,33)(H,29,32). The van der Waals surface area contributed by atoms with Gasteiger partial charge in [0.05, 0.1) is 24.3 Å². The molecule has 1 heterocycles. The highest BCUT2D eigenvalue weighted by molar-refractivity contribution is 5.85. The van der Waals surface area contributed by atoms with E-state index in [9.17, 15) is 14.0 Å². The lowest BCUT2D eigenvalue weighted by Crippen LogP contribution is -2.37. The van der Waals surface area contributed by atoms with Crippen molar-refractivity contribution in [2.24, 2.45) is 0 Å².